The number of halogens is 2. The van der Waals surface area contributed by atoms with E-state index in [1.807, 2.05) is 18.2 Å². The van der Waals surface area contributed by atoms with Crippen LogP contribution in [-0.2, 0) is 13.2 Å². The number of rotatable bonds is 7. The summed E-state index contributed by atoms with van der Waals surface area (Å²) in [6.07, 6.45) is 3.31. The molecule has 0 unspecified atom stereocenters. The van der Waals surface area contributed by atoms with Crippen LogP contribution in [0.4, 0.5) is 5.69 Å². The first-order chi connectivity index (χ1) is 15.0. The highest BCUT2D eigenvalue weighted by molar-refractivity contribution is 6.30. The highest BCUT2D eigenvalue weighted by atomic mass is 35.5. The zero-order valence-corrected chi connectivity index (χ0v) is 18.0. The predicted molar refractivity (Wildman–Crippen MR) is 118 cm³/mol. The van der Waals surface area contributed by atoms with Crippen molar-refractivity contribution in [1.82, 2.24) is 14.9 Å². The second-order valence-electron chi connectivity index (χ2n) is 6.82. The quantitative estimate of drug-likeness (QED) is 0.404. The van der Waals surface area contributed by atoms with E-state index in [2.05, 4.69) is 15.6 Å². The zero-order chi connectivity index (χ0) is 21.8. The third-order valence-electron chi connectivity index (χ3n) is 4.51. The lowest BCUT2D eigenvalue weighted by Gasteiger charge is -2.09. The molecule has 0 radical (unpaired) electrons. The summed E-state index contributed by atoms with van der Waals surface area (Å²) in [7, 11) is 0. The number of carbonyl (C=O) groups excluding carboxylic acids is 1. The van der Waals surface area contributed by atoms with E-state index < -0.39 is 0 Å². The summed E-state index contributed by atoms with van der Waals surface area (Å²) in [6, 6.07) is 14.5. The van der Waals surface area contributed by atoms with Gasteiger partial charge in [0.15, 0.2) is 5.69 Å². The monoisotopic (exact) mass is 456 g/mol. The largest absolute Gasteiger partial charge is 0.489 e. The molecular formula is C22H18Cl2N4O3. The molecule has 7 nitrogen and oxygen atoms in total. The van der Waals surface area contributed by atoms with E-state index in [1.54, 1.807) is 54.3 Å². The van der Waals surface area contributed by atoms with Gasteiger partial charge in [-0.05, 0) is 42.8 Å². The maximum atomic E-state index is 12.8. The van der Waals surface area contributed by atoms with Crippen molar-refractivity contribution < 1.29 is 14.1 Å². The molecule has 0 aliphatic heterocycles. The molecule has 0 aliphatic carbocycles. The van der Waals surface area contributed by atoms with E-state index in [4.69, 9.17) is 32.5 Å². The van der Waals surface area contributed by atoms with Crippen LogP contribution < -0.4 is 10.1 Å². The summed E-state index contributed by atoms with van der Waals surface area (Å²) in [5, 5.41) is 12.1. The Bertz CT molecular complexity index is 1220. The standard InChI is InChI=1S/C22H18Cl2N4O3/c1-14-20(13-30-19-7-3-5-16(23)9-19)21(27-31-14)22(29)26-18-6-2-4-15(8-18)11-28-12-17(24)10-25-28/h2-10,12H,11,13H2,1H3,(H,26,29). The molecular weight excluding hydrogens is 439 g/mol. The average molecular weight is 457 g/mol. The number of anilines is 1. The molecule has 0 spiro atoms. The fourth-order valence-corrected chi connectivity index (χ4v) is 3.34. The van der Waals surface area contributed by atoms with Crippen molar-refractivity contribution in [2.75, 3.05) is 5.32 Å². The highest BCUT2D eigenvalue weighted by Crippen LogP contribution is 2.22. The molecule has 2 heterocycles. The molecule has 0 fully saturated rings. The number of benzene rings is 2. The number of carbonyl (C=O) groups is 1. The Morgan fingerprint density at radius 3 is 2.77 bits per heavy atom. The van der Waals surface area contributed by atoms with Crippen LogP contribution in [0.5, 0.6) is 5.75 Å². The van der Waals surface area contributed by atoms with Crippen LogP contribution in [0, 0.1) is 6.92 Å². The van der Waals surface area contributed by atoms with Gasteiger partial charge in [0.05, 0.1) is 23.3 Å². The lowest BCUT2D eigenvalue weighted by molar-refractivity contribution is 0.101. The van der Waals surface area contributed by atoms with Gasteiger partial charge in [0.2, 0.25) is 0 Å². The van der Waals surface area contributed by atoms with Crippen LogP contribution in [0.25, 0.3) is 0 Å². The first-order valence-corrected chi connectivity index (χ1v) is 10.2. The minimum absolute atomic E-state index is 0.124. The Labute approximate surface area is 188 Å². The second kappa shape index (κ2) is 9.24. The van der Waals surface area contributed by atoms with Gasteiger partial charge in [-0.15, -0.1) is 0 Å². The van der Waals surface area contributed by atoms with Crippen molar-refractivity contribution in [2.24, 2.45) is 0 Å². The van der Waals surface area contributed by atoms with Crippen LogP contribution in [0.3, 0.4) is 0 Å². The lowest BCUT2D eigenvalue weighted by Crippen LogP contribution is -2.15. The van der Waals surface area contributed by atoms with Crippen LogP contribution in [0.1, 0.15) is 27.4 Å². The molecule has 0 aliphatic rings. The van der Waals surface area contributed by atoms with Crippen LogP contribution in [-0.4, -0.2) is 20.8 Å². The number of aromatic nitrogens is 3. The third kappa shape index (κ3) is 5.25. The van der Waals surface area contributed by atoms with Crippen molar-refractivity contribution in [1.29, 1.82) is 0 Å². The smallest absolute Gasteiger partial charge is 0.278 e. The van der Waals surface area contributed by atoms with Crippen LogP contribution in [0.2, 0.25) is 10.0 Å². The molecule has 9 heteroatoms. The van der Waals surface area contributed by atoms with E-state index >= 15 is 0 Å². The fraction of sp³-hybridized carbons (Fsp3) is 0.136. The molecule has 31 heavy (non-hydrogen) atoms. The summed E-state index contributed by atoms with van der Waals surface area (Å²) >= 11 is 11.9. The van der Waals surface area contributed by atoms with Crippen molar-refractivity contribution in [2.45, 2.75) is 20.1 Å². The molecule has 4 aromatic rings. The molecule has 2 aromatic carbocycles. The van der Waals surface area contributed by atoms with Gasteiger partial charge in [0.25, 0.3) is 5.91 Å². The summed E-state index contributed by atoms with van der Waals surface area (Å²) in [6.45, 7) is 2.38. The first kappa shape index (κ1) is 21.0. The zero-order valence-electron chi connectivity index (χ0n) is 16.5. The second-order valence-corrected chi connectivity index (χ2v) is 7.70. The molecule has 1 amide bonds. The van der Waals surface area contributed by atoms with Crippen molar-refractivity contribution in [3.63, 3.8) is 0 Å². The molecule has 0 saturated heterocycles. The number of hydrogen-bond acceptors (Lipinski definition) is 5. The Hall–Kier alpha value is -3.29. The van der Waals surface area contributed by atoms with E-state index in [-0.39, 0.29) is 18.2 Å². The third-order valence-corrected chi connectivity index (χ3v) is 4.94. The first-order valence-electron chi connectivity index (χ1n) is 9.40. The number of aryl methyl sites for hydroxylation is 1. The Morgan fingerprint density at radius 1 is 1.16 bits per heavy atom. The van der Waals surface area contributed by atoms with Gasteiger partial charge in [0, 0.05) is 16.9 Å². The van der Waals surface area contributed by atoms with Crippen molar-refractivity contribution in [3.05, 3.63) is 93.6 Å². The molecule has 158 valence electrons. The summed E-state index contributed by atoms with van der Waals surface area (Å²) in [5.41, 5.74) is 2.32. The maximum absolute atomic E-state index is 12.8. The number of ether oxygens (including phenoxy) is 1. The molecule has 4 rings (SSSR count). The Balaban J connectivity index is 1.46. The van der Waals surface area contributed by atoms with Crippen molar-refractivity contribution in [3.8, 4) is 5.75 Å². The molecule has 0 atom stereocenters. The highest BCUT2D eigenvalue weighted by Gasteiger charge is 2.20. The van der Waals surface area contributed by atoms with Crippen LogP contribution in [0.15, 0.2) is 65.4 Å². The van der Waals surface area contributed by atoms with Gasteiger partial charge in [-0.3, -0.25) is 9.48 Å². The van der Waals surface area contributed by atoms with E-state index in [1.165, 1.54) is 0 Å². The van der Waals surface area contributed by atoms with Gasteiger partial charge in [0.1, 0.15) is 18.1 Å². The van der Waals surface area contributed by atoms with Gasteiger partial charge < -0.3 is 14.6 Å². The topological polar surface area (TPSA) is 82.2 Å². The van der Waals surface area contributed by atoms with Gasteiger partial charge in [-0.2, -0.15) is 5.10 Å². The van der Waals surface area contributed by atoms with Gasteiger partial charge in [-0.25, -0.2) is 0 Å². The van der Waals surface area contributed by atoms with Crippen LogP contribution >= 0.6 is 23.2 Å². The lowest BCUT2D eigenvalue weighted by atomic mass is 10.1. The Kier molecular flexibility index (Phi) is 6.25. The molecule has 0 saturated carbocycles. The minimum atomic E-state index is -0.388. The molecule has 1 N–H and O–H groups in total. The molecule has 2 aromatic heterocycles. The normalized spacial score (nSPS) is 10.8. The number of hydrogen-bond donors (Lipinski definition) is 1. The summed E-state index contributed by atoms with van der Waals surface area (Å²) in [5.74, 6) is 0.711. The number of nitrogens with zero attached hydrogens (tertiary/aromatic N) is 3. The number of amides is 1. The number of nitrogens with one attached hydrogen (secondary N) is 1. The van der Waals surface area contributed by atoms with Crippen molar-refractivity contribution >= 4 is 34.8 Å². The van der Waals surface area contributed by atoms with E-state index in [9.17, 15) is 4.79 Å². The minimum Gasteiger partial charge on any atom is -0.489 e. The van der Waals surface area contributed by atoms with Gasteiger partial charge in [-0.1, -0.05) is 46.6 Å². The maximum Gasteiger partial charge on any atom is 0.278 e. The molecule has 0 bridgehead atoms. The summed E-state index contributed by atoms with van der Waals surface area (Å²) in [4.78, 5) is 12.8. The van der Waals surface area contributed by atoms with E-state index in [0.29, 0.717) is 39.4 Å². The predicted octanol–water partition coefficient (Wildman–Crippen LogP) is 5.37. The summed E-state index contributed by atoms with van der Waals surface area (Å²) < 4.78 is 12.7. The van der Waals surface area contributed by atoms with E-state index in [0.717, 1.165) is 5.56 Å². The fourth-order valence-electron chi connectivity index (χ4n) is 3.00. The average Bonchev–Trinajstić information content (AvgIpc) is 3.31. The SMILES string of the molecule is Cc1onc(C(=O)Nc2cccc(Cn3cc(Cl)cn3)c2)c1COc1cccc(Cl)c1. The Morgan fingerprint density at radius 2 is 2.00 bits per heavy atom. The van der Waals surface area contributed by atoms with Gasteiger partial charge >= 0.3 is 0 Å².